The molecule has 3 aromatic rings. The number of furan rings is 1. The molecule has 1 heterocycles. The molecular formula is C26H29NO. The SMILES string of the molecule is Cc1ccc(CN(C2CCCc3ccccc32)C2CCCc3ccccc32)o1. The molecule has 0 saturated carbocycles. The minimum atomic E-state index is 0.464. The Morgan fingerprint density at radius 3 is 1.89 bits per heavy atom. The van der Waals surface area contributed by atoms with E-state index in [0.717, 1.165) is 18.1 Å². The summed E-state index contributed by atoms with van der Waals surface area (Å²) in [4.78, 5) is 2.74. The summed E-state index contributed by atoms with van der Waals surface area (Å²) in [7, 11) is 0. The van der Waals surface area contributed by atoms with Crippen molar-refractivity contribution in [3.8, 4) is 0 Å². The van der Waals surface area contributed by atoms with Crippen molar-refractivity contribution in [1.82, 2.24) is 4.90 Å². The number of benzene rings is 2. The van der Waals surface area contributed by atoms with Crippen LogP contribution in [0.5, 0.6) is 0 Å². The number of hydrogen-bond donors (Lipinski definition) is 0. The molecule has 5 rings (SSSR count). The number of fused-ring (bicyclic) bond motifs is 2. The summed E-state index contributed by atoms with van der Waals surface area (Å²) in [5.41, 5.74) is 6.12. The molecule has 2 unspecified atom stereocenters. The molecule has 2 aliphatic rings. The van der Waals surface area contributed by atoms with Crippen molar-refractivity contribution in [2.75, 3.05) is 0 Å². The maximum Gasteiger partial charge on any atom is 0.118 e. The molecule has 0 amide bonds. The Morgan fingerprint density at radius 2 is 1.36 bits per heavy atom. The van der Waals surface area contributed by atoms with Crippen LogP contribution in [0.2, 0.25) is 0 Å². The molecule has 0 N–H and O–H groups in total. The van der Waals surface area contributed by atoms with E-state index < -0.39 is 0 Å². The van der Waals surface area contributed by atoms with Gasteiger partial charge in [0.15, 0.2) is 0 Å². The lowest BCUT2D eigenvalue weighted by atomic mass is 9.82. The molecule has 2 aromatic carbocycles. The molecule has 0 radical (unpaired) electrons. The quantitative estimate of drug-likeness (QED) is 0.517. The minimum Gasteiger partial charge on any atom is -0.465 e. The highest BCUT2D eigenvalue weighted by atomic mass is 16.3. The highest BCUT2D eigenvalue weighted by Crippen LogP contribution is 2.44. The summed E-state index contributed by atoms with van der Waals surface area (Å²) in [5.74, 6) is 2.09. The maximum atomic E-state index is 6.03. The van der Waals surface area contributed by atoms with Gasteiger partial charge in [-0.15, -0.1) is 0 Å². The summed E-state index contributed by atoms with van der Waals surface area (Å²) in [6.45, 7) is 2.92. The van der Waals surface area contributed by atoms with E-state index in [1.807, 2.05) is 6.92 Å². The Balaban J connectivity index is 1.57. The first-order valence-electron chi connectivity index (χ1n) is 10.8. The van der Waals surface area contributed by atoms with E-state index in [2.05, 4.69) is 65.6 Å². The Hall–Kier alpha value is -2.32. The standard InChI is InChI=1S/C26H29NO/c1-19-16-17-22(28-19)18-27(25-14-6-10-20-8-2-4-12-23(20)25)26-15-7-11-21-9-3-5-13-24(21)26/h2-5,8-9,12-13,16-17,25-26H,6-7,10-11,14-15,18H2,1H3. The summed E-state index contributed by atoms with van der Waals surface area (Å²) >= 11 is 0. The van der Waals surface area contributed by atoms with Crippen molar-refractivity contribution in [3.63, 3.8) is 0 Å². The molecule has 0 saturated heterocycles. The molecule has 0 spiro atoms. The average Bonchev–Trinajstić information content (AvgIpc) is 3.16. The van der Waals surface area contributed by atoms with Gasteiger partial charge < -0.3 is 4.42 Å². The van der Waals surface area contributed by atoms with E-state index in [4.69, 9.17) is 4.42 Å². The van der Waals surface area contributed by atoms with Crippen LogP contribution < -0.4 is 0 Å². The normalized spacial score (nSPS) is 21.4. The maximum absolute atomic E-state index is 6.03. The number of hydrogen-bond acceptors (Lipinski definition) is 2. The van der Waals surface area contributed by atoms with E-state index >= 15 is 0 Å². The van der Waals surface area contributed by atoms with Crippen LogP contribution in [0.15, 0.2) is 65.1 Å². The molecule has 1 aromatic heterocycles. The number of nitrogens with zero attached hydrogens (tertiary/aromatic N) is 1. The van der Waals surface area contributed by atoms with E-state index in [1.165, 1.54) is 60.8 Å². The van der Waals surface area contributed by atoms with Crippen LogP contribution in [0.1, 0.15) is 71.5 Å². The third kappa shape index (κ3) is 3.31. The molecular weight excluding hydrogens is 342 g/mol. The Labute approximate surface area is 168 Å². The highest BCUT2D eigenvalue weighted by molar-refractivity contribution is 5.35. The fourth-order valence-corrected chi connectivity index (χ4v) is 5.33. The first-order chi connectivity index (χ1) is 13.8. The second-order valence-electron chi connectivity index (χ2n) is 8.40. The van der Waals surface area contributed by atoms with Gasteiger partial charge in [0.25, 0.3) is 0 Å². The van der Waals surface area contributed by atoms with E-state index in [1.54, 1.807) is 0 Å². The van der Waals surface area contributed by atoms with Gasteiger partial charge in [0, 0.05) is 12.1 Å². The van der Waals surface area contributed by atoms with Crippen LogP contribution in [0.25, 0.3) is 0 Å². The second-order valence-corrected chi connectivity index (χ2v) is 8.40. The van der Waals surface area contributed by atoms with Crippen molar-refractivity contribution in [3.05, 3.63) is 94.4 Å². The van der Waals surface area contributed by atoms with Gasteiger partial charge in [-0.2, -0.15) is 0 Å². The molecule has 2 nitrogen and oxygen atoms in total. The number of aryl methyl sites for hydroxylation is 3. The van der Waals surface area contributed by atoms with Gasteiger partial charge in [-0.3, -0.25) is 4.90 Å². The first kappa shape index (κ1) is 17.8. The first-order valence-corrected chi connectivity index (χ1v) is 10.8. The van der Waals surface area contributed by atoms with Gasteiger partial charge in [0.2, 0.25) is 0 Å². The lowest BCUT2D eigenvalue weighted by Crippen LogP contribution is -2.36. The Morgan fingerprint density at radius 1 is 0.786 bits per heavy atom. The van der Waals surface area contributed by atoms with Crippen LogP contribution in [0.4, 0.5) is 0 Å². The van der Waals surface area contributed by atoms with Crippen LogP contribution in [-0.4, -0.2) is 4.90 Å². The Bertz CT molecular complexity index is 899. The predicted molar refractivity (Wildman–Crippen MR) is 113 cm³/mol. The van der Waals surface area contributed by atoms with Gasteiger partial charge in [-0.1, -0.05) is 48.5 Å². The number of rotatable bonds is 4. The molecule has 28 heavy (non-hydrogen) atoms. The molecule has 2 heteroatoms. The lowest BCUT2D eigenvalue weighted by molar-refractivity contribution is 0.0887. The largest absolute Gasteiger partial charge is 0.465 e. The van der Waals surface area contributed by atoms with E-state index in [9.17, 15) is 0 Å². The molecule has 0 aliphatic heterocycles. The zero-order chi connectivity index (χ0) is 18.9. The van der Waals surface area contributed by atoms with Gasteiger partial charge in [-0.05, 0) is 79.8 Å². The fraction of sp³-hybridized carbons (Fsp3) is 0.385. The third-order valence-electron chi connectivity index (χ3n) is 6.61. The van der Waals surface area contributed by atoms with Gasteiger partial charge in [0.05, 0.1) is 6.54 Å². The van der Waals surface area contributed by atoms with Crippen molar-refractivity contribution in [1.29, 1.82) is 0 Å². The van der Waals surface area contributed by atoms with Gasteiger partial charge in [-0.25, -0.2) is 0 Å². The summed E-state index contributed by atoms with van der Waals surface area (Å²) in [6, 6.07) is 23.3. The van der Waals surface area contributed by atoms with Crippen LogP contribution in [0, 0.1) is 6.92 Å². The smallest absolute Gasteiger partial charge is 0.118 e. The highest BCUT2D eigenvalue weighted by Gasteiger charge is 2.34. The van der Waals surface area contributed by atoms with Gasteiger partial charge in [0.1, 0.15) is 11.5 Å². The zero-order valence-electron chi connectivity index (χ0n) is 16.7. The molecule has 2 aliphatic carbocycles. The van der Waals surface area contributed by atoms with Crippen molar-refractivity contribution in [2.24, 2.45) is 0 Å². The molecule has 144 valence electrons. The van der Waals surface area contributed by atoms with E-state index in [0.29, 0.717) is 12.1 Å². The summed E-state index contributed by atoms with van der Waals surface area (Å²) in [6.07, 6.45) is 7.42. The van der Waals surface area contributed by atoms with Crippen LogP contribution in [0.3, 0.4) is 0 Å². The molecule has 0 fully saturated rings. The molecule has 0 bridgehead atoms. The molecule has 2 atom stereocenters. The van der Waals surface area contributed by atoms with Crippen LogP contribution >= 0.6 is 0 Å². The minimum absolute atomic E-state index is 0.464. The summed E-state index contributed by atoms with van der Waals surface area (Å²) < 4.78 is 6.03. The Kier molecular flexibility index (Phi) is 4.82. The lowest BCUT2D eigenvalue weighted by Gasteiger charge is -2.43. The van der Waals surface area contributed by atoms with Crippen LogP contribution in [-0.2, 0) is 19.4 Å². The zero-order valence-corrected chi connectivity index (χ0v) is 16.7. The predicted octanol–water partition coefficient (Wildman–Crippen LogP) is 6.55. The second kappa shape index (κ2) is 7.60. The topological polar surface area (TPSA) is 16.4 Å². The van der Waals surface area contributed by atoms with Crippen molar-refractivity contribution < 1.29 is 4.42 Å². The van der Waals surface area contributed by atoms with E-state index in [-0.39, 0.29) is 0 Å². The third-order valence-corrected chi connectivity index (χ3v) is 6.61. The van der Waals surface area contributed by atoms with Crippen molar-refractivity contribution in [2.45, 2.75) is 64.1 Å². The fourth-order valence-electron chi connectivity index (χ4n) is 5.33. The summed E-state index contributed by atoms with van der Waals surface area (Å²) in [5, 5.41) is 0. The average molecular weight is 372 g/mol. The van der Waals surface area contributed by atoms with Gasteiger partial charge >= 0.3 is 0 Å². The monoisotopic (exact) mass is 371 g/mol. The van der Waals surface area contributed by atoms with Crippen molar-refractivity contribution >= 4 is 0 Å².